The molecule has 0 bridgehead atoms. The van der Waals surface area contributed by atoms with Crippen LogP contribution in [0.15, 0.2) is 0 Å². The minimum absolute atomic E-state index is 0.430. The summed E-state index contributed by atoms with van der Waals surface area (Å²) in [6.07, 6.45) is 4.09. The third kappa shape index (κ3) is 5.05. The summed E-state index contributed by atoms with van der Waals surface area (Å²) >= 11 is 0. The minimum atomic E-state index is 0.430. The van der Waals surface area contributed by atoms with Crippen LogP contribution in [0.25, 0.3) is 0 Å². The van der Waals surface area contributed by atoms with Crippen molar-refractivity contribution in [2.24, 2.45) is 11.3 Å². The van der Waals surface area contributed by atoms with Crippen LogP contribution in [-0.2, 0) is 4.74 Å². The van der Waals surface area contributed by atoms with Gasteiger partial charge in [-0.25, -0.2) is 0 Å². The van der Waals surface area contributed by atoms with Crippen LogP contribution in [0, 0.1) is 11.3 Å². The Bertz CT molecular complexity index is 243. The number of hydrogen-bond donors (Lipinski definition) is 1. The highest BCUT2D eigenvalue weighted by molar-refractivity contribution is 4.94. The van der Waals surface area contributed by atoms with Crippen molar-refractivity contribution in [3.8, 4) is 0 Å². The Hall–Kier alpha value is -0.120. The number of hydrogen-bond acceptors (Lipinski definition) is 3. The number of methoxy groups -OCH3 is 1. The molecule has 1 aliphatic rings. The van der Waals surface area contributed by atoms with Gasteiger partial charge in [-0.3, -0.25) is 0 Å². The highest BCUT2D eigenvalue weighted by Gasteiger charge is 2.38. The molecule has 1 rings (SSSR count). The van der Waals surface area contributed by atoms with Crippen LogP contribution >= 0.6 is 0 Å². The molecule has 2 unspecified atom stereocenters. The topological polar surface area (TPSA) is 24.5 Å². The molecular weight excluding hydrogens is 236 g/mol. The number of likely N-dealkylation sites (N-methyl/N-ethyl adjacent to an activating group) is 1. The maximum Gasteiger partial charge on any atom is 0.0589 e. The van der Waals surface area contributed by atoms with Gasteiger partial charge in [0, 0.05) is 26.2 Å². The maximum absolute atomic E-state index is 5.22. The van der Waals surface area contributed by atoms with Gasteiger partial charge in [-0.2, -0.15) is 0 Å². The molecule has 0 aliphatic heterocycles. The molecule has 0 aromatic rings. The van der Waals surface area contributed by atoms with E-state index in [9.17, 15) is 0 Å². The minimum Gasteiger partial charge on any atom is -0.383 e. The van der Waals surface area contributed by atoms with E-state index in [1.165, 1.54) is 25.8 Å². The van der Waals surface area contributed by atoms with E-state index in [-0.39, 0.29) is 0 Å². The van der Waals surface area contributed by atoms with Gasteiger partial charge in [-0.05, 0) is 37.3 Å². The van der Waals surface area contributed by atoms with E-state index in [1.54, 1.807) is 7.11 Å². The molecule has 19 heavy (non-hydrogen) atoms. The van der Waals surface area contributed by atoms with Gasteiger partial charge in [-0.15, -0.1) is 0 Å². The zero-order chi connectivity index (χ0) is 14.3. The summed E-state index contributed by atoms with van der Waals surface area (Å²) in [6.45, 7) is 14.7. The van der Waals surface area contributed by atoms with Crippen LogP contribution in [0.2, 0.25) is 0 Å². The molecule has 3 heteroatoms. The predicted octanol–water partition coefficient (Wildman–Crippen LogP) is 2.76. The summed E-state index contributed by atoms with van der Waals surface area (Å²) in [4.78, 5) is 2.54. The standard InChI is InChI=1S/C16H34N2O/c1-6-17-15-14(9-8-10-16(15,3)4)13-18(7-2)11-12-19-5/h14-15,17H,6-13H2,1-5H3. The SMILES string of the molecule is CCNC1C(CN(CC)CCOC)CCCC1(C)C. The average molecular weight is 270 g/mol. The van der Waals surface area contributed by atoms with Gasteiger partial charge in [0.15, 0.2) is 0 Å². The largest absolute Gasteiger partial charge is 0.383 e. The van der Waals surface area contributed by atoms with Crippen molar-refractivity contribution in [3.05, 3.63) is 0 Å². The Labute approximate surface area is 120 Å². The van der Waals surface area contributed by atoms with Crippen molar-refractivity contribution >= 4 is 0 Å². The van der Waals surface area contributed by atoms with Crippen molar-refractivity contribution in [1.82, 2.24) is 10.2 Å². The molecule has 3 nitrogen and oxygen atoms in total. The van der Waals surface area contributed by atoms with E-state index in [0.717, 1.165) is 32.2 Å². The van der Waals surface area contributed by atoms with E-state index in [4.69, 9.17) is 4.74 Å². The van der Waals surface area contributed by atoms with Crippen molar-refractivity contribution in [1.29, 1.82) is 0 Å². The fourth-order valence-corrected chi connectivity index (χ4v) is 3.57. The van der Waals surface area contributed by atoms with Gasteiger partial charge in [0.25, 0.3) is 0 Å². The van der Waals surface area contributed by atoms with Crippen molar-refractivity contribution < 1.29 is 4.74 Å². The molecule has 1 saturated carbocycles. The van der Waals surface area contributed by atoms with Crippen LogP contribution in [0.3, 0.4) is 0 Å². The average Bonchev–Trinajstić information content (AvgIpc) is 2.38. The lowest BCUT2D eigenvalue weighted by atomic mass is 9.67. The monoisotopic (exact) mass is 270 g/mol. The smallest absolute Gasteiger partial charge is 0.0589 e. The highest BCUT2D eigenvalue weighted by atomic mass is 16.5. The summed E-state index contributed by atoms with van der Waals surface area (Å²) in [6, 6.07) is 0.655. The van der Waals surface area contributed by atoms with Gasteiger partial charge >= 0.3 is 0 Å². The quantitative estimate of drug-likeness (QED) is 0.734. The molecule has 114 valence electrons. The van der Waals surface area contributed by atoms with Crippen LogP contribution in [0.1, 0.15) is 47.0 Å². The first-order chi connectivity index (χ1) is 9.05. The maximum atomic E-state index is 5.22. The number of rotatable bonds is 8. The second-order valence-electron chi connectivity index (χ2n) is 6.56. The highest BCUT2D eigenvalue weighted by Crippen LogP contribution is 2.39. The van der Waals surface area contributed by atoms with E-state index in [2.05, 4.69) is 37.9 Å². The Morgan fingerprint density at radius 2 is 2.05 bits per heavy atom. The molecule has 0 spiro atoms. The third-order valence-electron chi connectivity index (χ3n) is 4.68. The number of nitrogens with zero attached hydrogens (tertiary/aromatic N) is 1. The lowest BCUT2D eigenvalue weighted by Crippen LogP contribution is -2.53. The van der Waals surface area contributed by atoms with Crippen molar-refractivity contribution in [3.63, 3.8) is 0 Å². The fourth-order valence-electron chi connectivity index (χ4n) is 3.57. The molecule has 0 radical (unpaired) electrons. The zero-order valence-electron chi connectivity index (χ0n) is 13.7. The number of ether oxygens (including phenoxy) is 1. The van der Waals surface area contributed by atoms with E-state index >= 15 is 0 Å². The molecule has 0 aromatic carbocycles. The normalized spacial score (nSPS) is 26.8. The summed E-state index contributed by atoms with van der Waals surface area (Å²) < 4.78 is 5.22. The molecular formula is C16H34N2O. The lowest BCUT2D eigenvalue weighted by molar-refractivity contribution is 0.0707. The summed E-state index contributed by atoms with van der Waals surface area (Å²) in [5.41, 5.74) is 0.430. The van der Waals surface area contributed by atoms with Crippen LogP contribution in [0.4, 0.5) is 0 Å². The molecule has 0 amide bonds. The molecule has 0 saturated heterocycles. The molecule has 1 fully saturated rings. The Balaban J connectivity index is 2.61. The van der Waals surface area contributed by atoms with Crippen LogP contribution < -0.4 is 5.32 Å². The van der Waals surface area contributed by atoms with Crippen LogP contribution in [0.5, 0.6) is 0 Å². The first-order valence-corrected chi connectivity index (χ1v) is 7.99. The van der Waals surface area contributed by atoms with Gasteiger partial charge in [0.05, 0.1) is 6.61 Å². The van der Waals surface area contributed by atoms with E-state index in [1.807, 2.05) is 0 Å². The zero-order valence-corrected chi connectivity index (χ0v) is 13.7. The van der Waals surface area contributed by atoms with Crippen molar-refractivity contribution in [2.45, 2.75) is 53.0 Å². The Morgan fingerprint density at radius 3 is 2.63 bits per heavy atom. The second kappa shape index (κ2) is 8.23. The molecule has 0 heterocycles. The third-order valence-corrected chi connectivity index (χ3v) is 4.68. The van der Waals surface area contributed by atoms with Crippen LogP contribution in [-0.4, -0.2) is 50.8 Å². The second-order valence-corrected chi connectivity index (χ2v) is 6.56. The van der Waals surface area contributed by atoms with Gasteiger partial charge in [0.1, 0.15) is 0 Å². The van der Waals surface area contributed by atoms with Gasteiger partial charge in [0.2, 0.25) is 0 Å². The Morgan fingerprint density at radius 1 is 1.32 bits per heavy atom. The molecule has 1 N–H and O–H groups in total. The predicted molar refractivity (Wildman–Crippen MR) is 82.6 cm³/mol. The van der Waals surface area contributed by atoms with Crippen molar-refractivity contribution in [2.75, 3.05) is 39.9 Å². The fraction of sp³-hybridized carbons (Fsp3) is 1.00. The summed E-state index contributed by atoms with van der Waals surface area (Å²) in [5, 5.41) is 3.75. The molecule has 2 atom stereocenters. The van der Waals surface area contributed by atoms with Gasteiger partial charge in [-0.1, -0.05) is 34.1 Å². The van der Waals surface area contributed by atoms with E-state index < -0.39 is 0 Å². The number of nitrogens with one attached hydrogen (secondary N) is 1. The molecule has 0 aromatic heterocycles. The molecule has 1 aliphatic carbocycles. The lowest BCUT2D eigenvalue weighted by Gasteiger charge is -2.46. The van der Waals surface area contributed by atoms with E-state index in [0.29, 0.717) is 11.5 Å². The first kappa shape index (κ1) is 16.9. The Kier molecular flexibility index (Phi) is 7.33. The first-order valence-electron chi connectivity index (χ1n) is 7.99. The summed E-state index contributed by atoms with van der Waals surface area (Å²) in [7, 11) is 1.79. The summed E-state index contributed by atoms with van der Waals surface area (Å²) in [5.74, 6) is 0.778. The van der Waals surface area contributed by atoms with Gasteiger partial charge < -0.3 is 15.0 Å².